The molecule has 0 saturated heterocycles. The first kappa shape index (κ1) is 17.9. The van der Waals surface area contributed by atoms with E-state index in [-0.39, 0.29) is 23.9 Å². The monoisotopic (exact) mass is 344 g/mol. The van der Waals surface area contributed by atoms with Gasteiger partial charge in [0, 0.05) is 30.7 Å². The number of carbonyl (C=O) groups excluding carboxylic acids is 2. The van der Waals surface area contributed by atoms with Gasteiger partial charge in [-0.15, -0.1) is 0 Å². The first-order valence-corrected chi connectivity index (χ1v) is 7.44. The topological polar surface area (TPSA) is 127 Å². The van der Waals surface area contributed by atoms with Crippen LogP contribution in [0.1, 0.15) is 29.0 Å². The number of nitrogens with one attached hydrogen (secondary N) is 2. The van der Waals surface area contributed by atoms with Gasteiger partial charge in [-0.1, -0.05) is 0 Å². The fourth-order valence-electron chi connectivity index (χ4n) is 1.88. The Labute approximate surface area is 142 Å². The van der Waals surface area contributed by atoms with Crippen LogP contribution in [0.4, 0.5) is 5.69 Å². The molecule has 0 saturated carbocycles. The fourth-order valence-corrected chi connectivity index (χ4v) is 1.88. The number of benzene rings is 1. The first-order valence-electron chi connectivity index (χ1n) is 7.44. The van der Waals surface area contributed by atoms with Crippen LogP contribution in [0.2, 0.25) is 0 Å². The Morgan fingerprint density at radius 2 is 2.00 bits per heavy atom. The zero-order valence-corrected chi connectivity index (χ0v) is 13.2. The van der Waals surface area contributed by atoms with E-state index >= 15 is 0 Å². The number of carbonyl (C=O) groups is 2. The highest BCUT2D eigenvalue weighted by Gasteiger charge is 2.09. The largest absolute Gasteiger partial charge is 0.463 e. The molecule has 0 bridgehead atoms. The molecule has 2 N–H and O–H groups in total. The van der Waals surface area contributed by atoms with Gasteiger partial charge in [0.25, 0.3) is 11.6 Å². The number of rotatable bonds is 8. The number of hydrogen-bond acceptors (Lipinski definition) is 6. The van der Waals surface area contributed by atoms with Crippen molar-refractivity contribution in [2.45, 2.75) is 12.8 Å². The molecule has 0 radical (unpaired) electrons. The van der Waals surface area contributed by atoms with Crippen LogP contribution in [-0.4, -0.2) is 29.5 Å². The number of nitro benzene ring substituents is 1. The molecule has 130 valence electrons. The van der Waals surface area contributed by atoms with E-state index in [9.17, 15) is 19.7 Å². The van der Waals surface area contributed by atoms with Crippen LogP contribution < -0.4 is 10.7 Å². The summed E-state index contributed by atoms with van der Waals surface area (Å²) in [4.78, 5) is 33.4. The second-order valence-electron chi connectivity index (χ2n) is 4.97. The van der Waals surface area contributed by atoms with Gasteiger partial charge in [-0.25, -0.2) is 5.43 Å². The summed E-state index contributed by atoms with van der Waals surface area (Å²) in [5.41, 5.74) is 2.59. The van der Waals surface area contributed by atoms with Crippen molar-refractivity contribution in [1.29, 1.82) is 0 Å². The van der Waals surface area contributed by atoms with Crippen molar-refractivity contribution in [2.24, 2.45) is 5.10 Å². The standard InChI is InChI=1S/C16H16N4O5/c21-15(19-18-11-14-3-2-10-25-14)4-1-9-17-16(22)12-5-7-13(8-6-12)20(23)24/h2-3,5-8,10-11H,1,4,9H2,(H,17,22)(H,19,21)/b18-11+. The van der Waals surface area contributed by atoms with Gasteiger partial charge in [0.2, 0.25) is 5.91 Å². The minimum atomic E-state index is -0.533. The first-order chi connectivity index (χ1) is 12.1. The highest BCUT2D eigenvalue weighted by Crippen LogP contribution is 2.11. The summed E-state index contributed by atoms with van der Waals surface area (Å²) in [5, 5.41) is 16.9. The molecule has 2 rings (SSSR count). The maximum absolute atomic E-state index is 11.9. The smallest absolute Gasteiger partial charge is 0.269 e. The summed E-state index contributed by atoms with van der Waals surface area (Å²) in [6.07, 6.45) is 3.50. The lowest BCUT2D eigenvalue weighted by Gasteiger charge is -2.04. The van der Waals surface area contributed by atoms with E-state index in [1.165, 1.54) is 36.7 Å². The Balaban J connectivity index is 1.65. The Morgan fingerprint density at radius 3 is 2.64 bits per heavy atom. The molecule has 0 aliphatic rings. The Kier molecular flexibility index (Phi) is 6.40. The molecule has 2 aromatic rings. The summed E-state index contributed by atoms with van der Waals surface area (Å²) in [5.74, 6) is -0.116. The van der Waals surface area contributed by atoms with Crippen LogP contribution in [0.15, 0.2) is 52.2 Å². The van der Waals surface area contributed by atoms with Gasteiger partial charge in [-0.2, -0.15) is 5.10 Å². The average Bonchev–Trinajstić information content (AvgIpc) is 3.12. The van der Waals surface area contributed by atoms with E-state index in [0.29, 0.717) is 24.3 Å². The van der Waals surface area contributed by atoms with Gasteiger partial charge >= 0.3 is 0 Å². The van der Waals surface area contributed by atoms with Crippen molar-refractivity contribution in [1.82, 2.24) is 10.7 Å². The number of hydrogen-bond donors (Lipinski definition) is 2. The highest BCUT2D eigenvalue weighted by molar-refractivity contribution is 5.94. The normalized spacial score (nSPS) is 10.6. The second kappa shape index (κ2) is 8.96. The second-order valence-corrected chi connectivity index (χ2v) is 4.97. The number of amides is 2. The van der Waals surface area contributed by atoms with Crippen LogP contribution >= 0.6 is 0 Å². The van der Waals surface area contributed by atoms with E-state index in [0.717, 1.165) is 0 Å². The molecule has 0 aliphatic carbocycles. The van der Waals surface area contributed by atoms with Gasteiger partial charge in [0.1, 0.15) is 5.76 Å². The van der Waals surface area contributed by atoms with Crippen LogP contribution in [0, 0.1) is 10.1 Å². The molecule has 1 aromatic carbocycles. The maximum Gasteiger partial charge on any atom is 0.269 e. The number of furan rings is 1. The molecule has 9 nitrogen and oxygen atoms in total. The Bertz CT molecular complexity index is 753. The van der Waals surface area contributed by atoms with E-state index in [4.69, 9.17) is 4.42 Å². The van der Waals surface area contributed by atoms with Crippen molar-refractivity contribution in [3.63, 3.8) is 0 Å². The van der Waals surface area contributed by atoms with Crippen LogP contribution in [0.25, 0.3) is 0 Å². The van der Waals surface area contributed by atoms with Crippen molar-refractivity contribution in [3.8, 4) is 0 Å². The zero-order valence-electron chi connectivity index (χ0n) is 13.2. The molecule has 25 heavy (non-hydrogen) atoms. The van der Waals surface area contributed by atoms with Gasteiger partial charge in [0.05, 0.1) is 17.4 Å². The molecule has 0 aliphatic heterocycles. The van der Waals surface area contributed by atoms with Crippen molar-refractivity contribution < 1.29 is 18.9 Å². The molecule has 0 atom stereocenters. The predicted molar refractivity (Wildman–Crippen MR) is 89.1 cm³/mol. The van der Waals surface area contributed by atoms with Crippen molar-refractivity contribution >= 4 is 23.7 Å². The summed E-state index contributed by atoms with van der Waals surface area (Å²) in [7, 11) is 0. The molecule has 1 aromatic heterocycles. The number of nitro groups is 1. The molecule has 9 heteroatoms. The molecule has 0 fully saturated rings. The van der Waals surface area contributed by atoms with E-state index in [1.54, 1.807) is 12.1 Å². The molecule has 2 amide bonds. The third-order valence-electron chi connectivity index (χ3n) is 3.13. The molecular weight excluding hydrogens is 328 g/mol. The summed E-state index contributed by atoms with van der Waals surface area (Å²) >= 11 is 0. The third-order valence-corrected chi connectivity index (χ3v) is 3.13. The van der Waals surface area contributed by atoms with Gasteiger partial charge < -0.3 is 9.73 Å². The maximum atomic E-state index is 11.9. The minimum Gasteiger partial charge on any atom is -0.463 e. The lowest BCUT2D eigenvalue weighted by atomic mass is 10.2. The average molecular weight is 344 g/mol. The molecule has 0 spiro atoms. The van der Waals surface area contributed by atoms with Crippen molar-refractivity contribution in [3.05, 3.63) is 64.1 Å². The quantitative estimate of drug-likeness (QED) is 0.327. The van der Waals surface area contributed by atoms with Gasteiger partial charge in [-0.05, 0) is 30.7 Å². The van der Waals surface area contributed by atoms with E-state index in [1.807, 2.05) is 0 Å². The molecule has 0 unspecified atom stereocenters. The third kappa shape index (κ3) is 5.90. The van der Waals surface area contributed by atoms with Crippen molar-refractivity contribution in [2.75, 3.05) is 6.54 Å². The van der Waals surface area contributed by atoms with Gasteiger partial charge in [-0.3, -0.25) is 19.7 Å². The van der Waals surface area contributed by atoms with Crippen LogP contribution in [0.3, 0.4) is 0 Å². The summed E-state index contributed by atoms with van der Waals surface area (Å²) in [6, 6.07) is 8.69. The lowest BCUT2D eigenvalue weighted by Crippen LogP contribution is -2.26. The molecular formula is C16H16N4O5. The van der Waals surface area contributed by atoms with Crippen LogP contribution in [-0.2, 0) is 4.79 Å². The Morgan fingerprint density at radius 1 is 1.24 bits per heavy atom. The van der Waals surface area contributed by atoms with E-state index < -0.39 is 4.92 Å². The SMILES string of the molecule is O=C(CCCNC(=O)c1ccc([N+](=O)[O-])cc1)N/N=C/c1ccco1. The van der Waals surface area contributed by atoms with Crippen LogP contribution in [0.5, 0.6) is 0 Å². The number of nitrogens with zero attached hydrogens (tertiary/aromatic N) is 2. The number of hydrazone groups is 1. The summed E-state index contributed by atoms with van der Waals surface area (Å²) in [6.45, 7) is 0.297. The lowest BCUT2D eigenvalue weighted by molar-refractivity contribution is -0.384. The minimum absolute atomic E-state index is 0.0803. The Hall–Kier alpha value is -3.49. The highest BCUT2D eigenvalue weighted by atomic mass is 16.6. The molecule has 1 heterocycles. The summed E-state index contributed by atoms with van der Waals surface area (Å²) < 4.78 is 5.02. The fraction of sp³-hybridized carbons (Fsp3) is 0.188. The predicted octanol–water partition coefficient (Wildman–Crippen LogP) is 1.85. The number of non-ortho nitro benzene ring substituents is 1. The zero-order chi connectivity index (χ0) is 18.1. The van der Waals surface area contributed by atoms with Gasteiger partial charge in [0.15, 0.2) is 0 Å². The van der Waals surface area contributed by atoms with E-state index in [2.05, 4.69) is 15.8 Å².